The van der Waals surface area contributed by atoms with Crippen molar-refractivity contribution in [3.8, 4) is 11.1 Å². The third kappa shape index (κ3) is 6.04. The van der Waals surface area contributed by atoms with Crippen LogP contribution in [0.5, 0.6) is 0 Å². The van der Waals surface area contributed by atoms with Gasteiger partial charge in [-0.25, -0.2) is 0 Å². The van der Waals surface area contributed by atoms with Crippen LogP contribution in [0.15, 0.2) is 66.7 Å². The van der Waals surface area contributed by atoms with E-state index in [1.54, 1.807) is 0 Å². The summed E-state index contributed by atoms with van der Waals surface area (Å²) in [6.07, 6.45) is -0.171. The first-order valence-corrected chi connectivity index (χ1v) is 14.8. The number of carbonyl (C=O) groups is 1. The van der Waals surface area contributed by atoms with E-state index >= 15 is 0 Å². The lowest BCUT2D eigenvalue weighted by molar-refractivity contribution is -0.0242. The number of nitrogens with zero attached hydrogens (tertiary/aromatic N) is 3. The lowest BCUT2D eigenvalue weighted by Crippen LogP contribution is -2.47. The molecule has 1 N–H and O–H groups in total. The Morgan fingerprint density at radius 2 is 1.80 bits per heavy atom. The molecule has 4 aromatic rings. The molecular weight excluding hydrogens is 557 g/mol. The van der Waals surface area contributed by atoms with Gasteiger partial charge in [-0.3, -0.25) is 9.69 Å². The number of halogens is 2. The molecule has 0 bridgehead atoms. The first-order valence-electron chi connectivity index (χ1n) is 14.0. The molecule has 1 aliphatic rings. The molecule has 0 unspecified atom stereocenters. The Bertz CT molecular complexity index is 1550. The highest BCUT2D eigenvalue weighted by Crippen LogP contribution is 2.38. The van der Waals surface area contributed by atoms with E-state index in [0.717, 1.165) is 33.2 Å². The van der Waals surface area contributed by atoms with Gasteiger partial charge in [0.15, 0.2) is 0 Å². The second-order valence-corrected chi connectivity index (χ2v) is 12.0. The Kier molecular flexibility index (Phi) is 9.07. The summed E-state index contributed by atoms with van der Waals surface area (Å²) < 4.78 is 8.69. The fourth-order valence-electron chi connectivity index (χ4n) is 5.85. The van der Waals surface area contributed by atoms with Crippen LogP contribution >= 0.6 is 23.2 Å². The molecule has 3 aromatic carbocycles. The minimum atomic E-state index is -0.360. The number of amides is 1. The van der Waals surface area contributed by atoms with Crippen LogP contribution in [0.4, 0.5) is 0 Å². The number of carbonyl (C=O) groups excluding carboxylic acids is 1. The molecule has 1 aliphatic heterocycles. The fourth-order valence-corrected chi connectivity index (χ4v) is 6.17. The number of aliphatic hydroxyl groups excluding tert-OH is 1. The van der Waals surface area contributed by atoms with Gasteiger partial charge in [-0.05, 0) is 48.9 Å². The molecule has 41 heavy (non-hydrogen) atoms. The average molecular weight is 595 g/mol. The molecule has 0 saturated heterocycles. The minimum Gasteiger partial charge on any atom is -0.394 e. The van der Waals surface area contributed by atoms with Gasteiger partial charge in [-0.1, -0.05) is 78.7 Å². The number of ether oxygens (including phenoxy) is 1. The van der Waals surface area contributed by atoms with Gasteiger partial charge in [-0.2, -0.15) is 0 Å². The van der Waals surface area contributed by atoms with E-state index in [4.69, 9.17) is 27.9 Å². The summed E-state index contributed by atoms with van der Waals surface area (Å²) in [4.78, 5) is 18.5. The summed E-state index contributed by atoms with van der Waals surface area (Å²) >= 11 is 12.4. The normalized spacial score (nSPS) is 18.7. The Morgan fingerprint density at radius 1 is 1.07 bits per heavy atom. The summed E-state index contributed by atoms with van der Waals surface area (Å²) in [7, 11) is 4.00. The van der Waals surface area contributed by atoms with Gasteiger partial charge in [0.25, 0.3) is 5.91 Å². The van der Waals surface area contributed by atoms with Crippen LogP contribution in [0.2, 0.25) is 10.0 Å². The van der Waals surface area contributed by atoms with E-state index in [1.807, 2.05) is 72.0 Å². The van der Waals surface area contributed by atoms with Crippen molar-refractivity contribution in [2.24, 2.45) is 13.0 Å². The smallest absolute Gasteiger partial charge is 0.271 e. The average Bonchev–Trinajstić information content (AvgIpc) is 3.26. The van der Waals surface area contributed by atoms with Crippen molar-refractivity contribution in [3.63, 3.8) is 0 Å². The Hall–Kier alpha value is -2.87. The molecule has 0 radical (unpaired) electrons. The van der Waals surface area contributed by atoms with Gasteiger partial charge in [0.2, 0.25) is 0 Å². The van der Waals surface area contributed by atoms with E-state index in [1.165, 1.54) is 0 Å². The van der Waals surface area contributed by atoms with Gasteiger partial charge in [0.1, 0.15) is 5.69 Å². The summed E-state index contributed by atoms with van der Waals surface area (Å²) in [5, 5.41) is 12.3. The maximum absolute atomic E-state index is 14.5. The van der Waals surface area contributed by atoms with Crippen LogP contribution in [-0.2, 0) is 24.9 Å². The number of benzene rings is 3. The number of hydrogen-bond donors (Lipinski definition) is 1. The third-order valence-corrected chi connectivity index (χ3v) is 8.89. The van der Waals surface area contributed by atoms with Crippen molar-refractivity contribution in [1.29, 1.82) is 0 Å². The molecule has 0 spiro atoms. The van der Waals surface area contributed by atoms with E-state index < -0.39 is 0 Å². The number of aryl methyl sites for hydroxylation is 1. The Labute approximate surface area is 252 Å². The van der Waals surface area contributed by atoms with Crippen molar-refractivity contribution in [1.82, 2.24) is 14.4 Å². The van der Waals surface area contributed by atoms with Crippen LogP contribution in [0.3, 0.4) is 0 Å². The highest BCUT2D eigenvalue weighted by molar-refractivity contribution is 6.42. The first-order chi connectivity index (χ1) is 19.7. The summed E-state index contributed by atoms with van der Waals surface area (Å²) in [5.41, 5.74) is 5.61. The molecule has 216 valence electrons. The predicted molar refractivity (Wildman–Crippen MR) is 166 cm³/mol. The van der Waals surface area contributed by atoms with Crippen LogP contribution in [0, 0.1) is 5.92 Å². The zero-order valence-corrected chi connectivity index (χ0v) is 25.5. The van der Waals surface area contributed by atoms with Crippen molar-refractivity contribution in [3.05, 3.63) is 93.6 Å². The van der Waals surface area contributed by atoms with Crippen molar-refractivity contribution >= 4 is 40.0 Å². The van der Waals surface area contributed by atoms with Crippen molar-refractivity contribution in [2.45, 2.75) is 39.1 Å². The fraction of sp³-hybridized carbons (Fsp3) is 0.364. The molecule has 8 heteroatoms. The lowest BCUT2D eigenvalue weighted by atomic mass is 9.96. The summed E-state index contributed by atoms with van der Waals surface area (Å²) in [5.74, 6) is -0.0979. The lowest BCUT2D eigenvalue weighted by Gasteiger charge is -2.35. The van der Waals surface area contributed by atoms with Gasteiger partial charge in [-0.15, -0.1) is 0 Å². The van der Waals surface area contributed by atoms with Crippen molar-refractivity contribution in [2.75, 3.05) is 26.7 Å². The van der Waals surface area contributed by atoms with E-state index in [2.05, 4.69) is 37.1 Å². The molecule has 1 aromatic heterocycles. The zero-order chi connectivity index (χ0) is 29.3. The monoisotopic (exact) mass is 593 g/mol. The third-order valence-electron chi connectivity index (χ3n) is 8.15. The Balaban J connectivity index is 1.55. The number of aromatic nitrogens is 1. The highest BCUT2D eigenvalue weighted by atomic mass is 35.5. The number of likely N-dealkylation sites (N-methyl/N-ethyl adjacent to an activating group) is 1. The topological polar surface area (TPSA) is 57.9 Å². The van der Waals surface area contributed by atoms with E-state index in [-0.39, 0.29) is 30.6 Å². The second-order valence-electron chi connectivity index (χ2n) is 11.2. The summed E-state index contributed by atoms with van der Waals surface area (Å²) in [6, 6.07) is 21.6. The van der Waals surface area contributed by atoms with Gasteiger partial charge in [0.05, 0.1) is 35.4 Å². The number of para-hydroxylation sites is 1. The largest absolute Gasteiger partial charge is 0.394 e. The molecule has 1 amide bonds. The molecule has 5 rings (SSSR count). The maximum atomic E-state index is 14.5. The number of aliphatic hydroxyl groups is 1. The number of hydrogen-bond acceptors (Lipinski definition) is 4. The number of rotatable bonds is 6. The zero-order valence-electron chi connectivity index (χ0n) is 24.0. The second kappa shape index (κ2) is 12.6. The first kappa shape index (κ1) is 29.6. The van der Waals surface area contributed by atoms with Gasteiger partial charge >= 0.3 is 0 Å². The molecular formula is C33H37Cl2N3O3. The van der Waals surface area contributed by atoms with E-state index in [9.17, 15) is 9.90 Å². The molecule has 0 aliphatic carbocycles. The van der Waals surface area contributed by atoms with Gasteiger partial charge < -0.3 is 19.3 Å². The predicted octanol–water partition coefficient (Wildman–Crippen LogP) is 6.64. The minimum absolute atomic E-state index is 0.00685. The maximum Gasteiger partial charge on any atom is 0.271 e. The quantitative estimate of drug-likeness (QED) is 0.272. The van der Waals surface area contributed by atoms with Gasteiger partial charge in [0, 0.05) is 49.1 Å². The van der Waals surface area contributed by atoms with Crippen LogP contribution < -0.4 is 0 Å². The standard InChI is InChI=1S/C33H37Cl2N3O3/c1-21-16-38(22(2)19-39)33(40)32-31(26-11-7-8-12-29(26)37(32)4)25-10-6-5-9-24(25)20-41-30(21)18-36(3)17-23-13-14-27(34)28(35)15-23/h5-15,21-22,30,39H,16-20H2,1-4H3/t21-,22-,30+/m1/s1. The molecule has 2 heterocycles. The molecule has 0 fully saturated rings. The Morgan fingerprint density at radius 3 is 2.56 bits per heavy atom. The summed E-state index contributed by atoms with van der Waals surface area (Å²) in [6.45, 7) is 6.07. The SMILES string of the molecule is C[C@@H]1CN([C@H](C)CO)C(=O)c2c(c3ccccc3n2C)-c2ccccc2CO[C@H]1CN(C)Cc1ccc(Cl)c(Cl)c1. The van der Waals surface area contributed by atoms with Crippen LogP contribution in [0.25, 0.3) is 22.0 Å². The molecule has 3 atom stereocenters. The molecule has 6 nitrogen and oxygen atoms in total. The van der Waals surface area contributed by atoms with Crippen LogP contribution in [0.1, 0.15) is 35.5 Å². The number of fused-ring (bicyclic) bond motifs is 5. The molecule has 0 saturated carbocycles. The van der Waals surface area contributed by atoms with E-state index in [0.29, 0.717) is 42.0 Å². The highest BCUT2D eigenvalue weighted by Gasteiger charge is 2.33. The van der Waals surface area contributed by atoms with Crippen molar-refractivity contribution < 1.29 is 14.6 Å². The van der Waals surface area contributed by atoms with Crippen LogP contribution in [-0.4, -0.2) is 64.3 Å².